The standard InChI is InChI=1S/C18H24N6O2/c1-22(2)15-11-23(12-16(15)24-10-9-20-21-24)17(25)8-7-13-5-3-4-6-14(13)18(19)26/h3-6,9-10,15-16H,7-8,11-12H2,1-2H3,(H2,19,26)/t15-,16+/m1/s1. The van der Waals surface area contributed by atoms with Crippen LogP contribution in [-0.4, -0.2) is 69.8 Å². The highest BCUT2D eigenvalue weighted by atomic mass is 16.2. The monoisotopic (exact) mass is 356 g/mol. The van der Waals surface area contributed by atoms with Crippen LogP contribution in [0, 0.1) is 0 Å². The molecule has 1 aliphatic heterocycles. The highest BCUT2D eigenvalue weighted by Gasteiger charge is 2.37. The van der Waals surface area contributed by atoms with Crippen LogP contribution in [0.1, 0.15) is 28.4 Å². The lowest BCUT2D eigenvalue weighted by Crippen LogP contribution is -2.37. The summed E-state index contributed by atoms with van der Waals surface area (Å²) < 4.78 is 1.82. The summed E-state index contributed by atoms with van der Waals surface area (Å²) in [4.78, 5) is 28.2. The van der Waals surface area contributed by atoms with E-state index in [4.69, 9.17) is 5.73 Å². The highest BCUT2D eigenvalue weighted by molar-refractivity contribution is 5.94. The van der Waals surface area contributed by atoms with E-state index in [1.807, 2.05) is 42.0 Å². The molecule has 0 bridgehead atoms. The zero-order valence-electron chi connectivity index (χ0n) is 15.1. The molecule has 0 aliphatic carbocycles. The summed E-state index contributed by atoms with van der Waals surface area (Å²) in [6.45, 7) is 1.25. The van der Waals surface area contributed by atoms with E-state index in [0.717, 1.165) is 5.56 Å². The summed E-state index contributed by atoms with van der Waals surface area (Å²) >= 11 is 0. The summed E-state index contributed by atoms with van der Waals surface area (Å²) in [5.41, 5.74) is 6.70. The number of rotatable bonds is 6. The van der Waals surface area contributed by atoms with Gasteiger partial charge >= 0.3 is 0 Å². The number of benzene rings is 1. The van der Waals surface area contributed by atoms with Crippen LogP contribution >= 0.6 is 0 Å². The van der Waals surface area contributed by atoms with Crippen molar-refractivity contribution in [2.45, 2.75) is 24.9 Å². The first-order chi connectivity index (χ1) is 12.5. The molecule has 1 aliphatic rings. The van der Waals surface area contributed by atoms with Crippen molar-refractivity contribution in [3.63, 3.8) is 0 Å². The molecule has 2 aromatic rings. The topological polar surface area (TPSA) is 97.3 Å². The Balaban J connectivity index is 1.66. The summed E-state index contributed by atoms with van der Waals surface area (Å²) in [5, 5.41) is 7.98. The predicted octanol–water partition coefficient (Wildman–Crippen LogP) is 0.323. The minimum atomic E-state index is -0.465. The van der Waals surface area contributed by atoms with Gasteiger partial charge in [-0.3, -0.25) is 9.59 Å². The molecule has 8 nitrogen and oxygen atoms in total. The third-order valence-corrected chi connectivity index (χ3v) is 4.95. The largest absolute Gasteiger partial charge is 0.366 e. The minimum Gasteiger partial charge on any atom is -0.366 e. The average molecular weight is 356 g/mol. The Morgan fingerprint density at radius 2 is 2.04 bits per heavy atom. The Morgan fingerprint density at radius 3 is 2.69 bits per heavy atom. The second-order valence-corrected chi connectivity index (χ2v) is 6.80. The van der Waals surface area contributed by atoms with Crippen LogP contribution in [-0.2, 0) is 11.2 Å². The van der Waals surface area contributed by atoms with Crippen molar-refractivity contribution < 1.29 is 9.59 Å². The number of hydrogen-bond donors (Lipinski definition) is 1. The van der Waals surface area contributed by atoms with E-state index in [2.05, 4.69) is 15.2 Å². The van der Waals surface area contributed by atoms with Crippen molar-refractivity contribution in [3.8, 4) is 0 Å². The number of nitrogens with zero attached hydrogens (tertiary/aromatic N) is 5. The van der Waals surface area contributed by atoms with E-state index in [1.54, 1.807) is 18.3 Å². The van der Waals surface area contributed by atoms with Gasteiger partial charge in [0.1, 0.15) is 0 Å². The van der Waals surface area contributed by atoms with Crippen LogP contribution in [0.25, 0.3) is 0 Å². The lowest BCUT2D eigenvalue weighted by Gasteiger charge is -2.24. The maximum absolute atomic E-state index is 12.7. The van der Waals surface area contributed by atoms with Gasteiger partial charge in [0.25, 0.3) is 0 Å². The smallest absolute Gasteiger partial charge is 0.248 e. The quantitative estimate of drug-likeness (QED) is 0.804. The Morgan fingerprint density at radius 1 is 1.27 bits per heavy atom. The van der Waals surface area contributed by atoms with Crippen LogP contribution in [0.2, 0.25) is 0 Å². The first-order valence-electron chi connectivity index (χ1n) is 8.65. The number of aryl methyl sites for hydroxylation is 1. The third kappa shape index (κ3) is 3.75. The Bertz CT molecular complexity index is 774. The van der Waals surface area contributed by atoms with E-state index in [1.165, 1.54) is 0 Å². The molecule has 1 aromatic heterocycles. The van der Waals surface area contributed by atoms with Crippen LogP contribution in [0.15, 0.2) is 36.7 Å². The number of likely N-dealkylation sites (N-methyl/N-ethyl adjacent to an activating group) is 1. The van der Waals surface area contributed by atoms with Crippen LogP contribution < -0.4 is 5.73 Å². The number of carbonyl (C=O) groups is 2. The van der Waals surface area contributed by atoms with Crippen molar-refractivity contribution >= 4 is 11.8 Å². The fraction of sp³-hybridized carbons (Fsp3) is 0.444. The molecule has 0 radical (unpaired) electrons. The molecule has 0 unspecified atom stereocenters. The van der Waals surface area contributed by atoms with Crippen LogP contribution in [0.4, 0.5) is 0 Å². The molecule has 8 heteroatoms. The van der Waals surface area contributed by atoms with Gasteiger partial charge in [0.2, 0.25) is 11.8 Å². The molecule has 2 amide bonds. The van der Waals surface area contributed by atoms with Gasteiger partial charge in [0.05, 0.1) is 18.3 Å². The SMILES string of the molecule is CN(C)[C@@H]1CN(C(=O)CCc2ccccc2C(N)=O)C[C@@H]1n1ccnn1. The van der Waals surface area contributed by atoms with Gasteiger partial charge in [-0.1, -0.05) is 23.4 Å². The molecule has 138 valence electrons. The first-order valence-corrected chi connectivity index (χ1v) is 8.65. The molecular formula is C18H24N6O2. The van der Waals surface area contributed by atoms with Gasteiger partial charge in [-0.25, -0.2) is 4.68 Å². The molecule has 1 saturated heterocycles. The Hall–Kier alpha value is -2.74. The third-order valence-electron chi connectivity index (χ3n) is 4.95. The van der Waals surface area contributed by atoms with Gasteiger partial charge in [0, 0.05) is 31.3 Å². The number of nitrogens with two attached hydrogens (primary N) is 1. The number of amides is 2. The number of hydrogen-bond acceptors (Lipinski definition) is 5. The summed E-state index contributed by atoms with van der Waals surface area (Å²) in [6.07, 6.45) is 4.32. The van der Waals surface area contributed by atoms with E-state index in [0.29, 0.717) is 31.5 Å². The Kier molecular flexibility index (Phi) is 5.32. The molecule has 26 heavy (non-hydrogen) atoms. The van der Waals surface area contributed by atoms with Crippen molar-refractivity contribution in [1.29, 1.82) is 0 Å². The highest BCUT2D eigenvalue weighted by Crippen LogP contribution is 2.25. The molecule has 0 spiro atoms. The molecule has 3 rings (SSSR count). The number of aromatic nitrogens is 3. The van der Waals surface area contributed by atoms with Crippen LogP contribution in [0.3, 0.4) is 0 Å². The molecular weight excluding hydrogens is 332 g/mol. The molecule has 2 atom stereocenters. The summed E-state index contributed by atoms with van der Waals surface area (Å²) in [7, 11) is 4.01. The maximum atomic E-state index is 12.7. The van der Waals surface area contributed by atoms with E-state index < -0.39 is 5.91 Å². The van der Waals surface area contributed by atoms with Crippen molar-refractivity contribution in [2.24, 2.45) is 5.73 Å². The molecule has 0 saturated carbocycles. The van der Waals surface area contributed by atoms with E-state index >= 15 is 0 Å². The average Bonchev–Trinajstić information content (AvgIpc) is 3.28. The fourth-order valence-corrected chi connectivity index (χ4v) is 3.51. The molecule has 1 aromatic carbocycles. The number of carbonyl (C=O) groups excluding carboxylic acids is 2. The van der Waals surface area contributed by atoms with Gasteiger partial charge in [0.15, 0.2) is 0 Å². The second kappa shape index (κ2) is 7.65. The predicted molar refractivity (Wildman–Crippen MR) is 96.4 cm³/mol. The van der Waals surface area contributed by atoms with Gasteiger partial charge in [-0.05, 0) is 32.1 Å². The summed E-state index contributed by atoms with van der Waals surface area (Å²) in [5.74, 6) is -0.396. The number of primary amides is 1. The Labute approximate surface area is 152 Å². The lowest BCUT2D eigenvalue weighted by atomic mass is 10.0. The van der Waals surface area contributed by atoms with Crippen molar-refractivity contribution in [2.75, 3.05) is 27.2 Å². The molecule has 2 N–H and O–H groups in total. The zero-order valence-corrected chi connectivity index (χ0v) is 15.1. The van der Waals surface area contributed by atoms with Gasteiger partial charge in [-0.15, -0.1) is 5.10 Å². The maximum Gasteiger partial charge on any atom is 0.248 e. The zero-order chi connectivity index (χ0) is 18.7. The molecule has 2 heterocycles. The van der Waals surface area contributed by atoms with Crippen LogP contribution in [0.5, 0.6) is 0 Å². The molecule has 1 fully saturated rings. The van der Waals surface area contributed by atoms with Gasteiger partial charge < -0.3 is 15.5 Å². The van der Waals surface area contributed by atoms with Crippen molar-refractivity contribution in [3.05, 3.63) is 47.8 Å². The van der Waals surface area contributed by atoms with Gasteiger partial charge in [-0.2, -0.15) is 0 Å². The first kappa shape index (κ1) is 18.1. The van der Waals surface area contributed by atoms with Crippen molar-refractivity contribution in [1.82, 2.24) is 24.8 Å². The summed E-state index contributed by atoms with van der Waals surface area (Å²) in [6, 6.07) is 7.42. The minimum absolute atomic E-state index is 0.0683. The lowest BCUT2D eigenvalue weighted by molar-refractivity contribution is -0.130. The van der Waals surface area contributed by atoms with E-state index in [-0.39, 0.29) is 18.0 Å². The second-order valence-electron chi connectivity index (χ2n) is 6.80. The fourth-order valence-electron chi connectivity index (χ4n) is 3.51. The normalized spacial score (nSPS) is 19.9. The number of likely N-dealkylation sites (tertiary alicyclic amines) is 1. The van der Waals surface area contributed by atoms with E-state index in [9.17, 15) is 9.59 Å².